The molecule has 0 spiro atoms. The number of aromatic nitrogens is 2. The molecule has 0 N–H and O–H groups in total. The number of rotatable bonds is 4. The Hall–Kier alpha value is -2.13. The summed E-state index contributed by atoms with van der Waals surface area (Å²) in [5.41, 5.74) is 2.08. The Kier molecular flexibility index (Phi) is 4.02. The molecule has 0 saturated carbocycles. The zero-order valence-corrected chi connectivity index (χ0v) is 12.4. The molecule has 0 fully saturated rings. The molecule has 0 amide bonds. The van der Waals surface area contributed by atoms with Crippen molar-refractivity contribution in [2.24, 2.45) is 0 Å². The zero-order chi connectivity index (χ0) is 14.7. The van der Waals surface area contributed by atoms with Gasteiger partial charge in [-0.15, -0.1) is 21.8 Å². The van der Waals surface area contributed by atoms with Crippen LogP contribution < -0.4 is 0 Å². The van der Waals surface area contributed by atoms with E-state index in [0.29, 0.717) is 11.8 Å². The lowest BCUT2D eigenvalue weighted by Crippen LogP contribution is -1.95. The van der Waals surface area contributed by atoms with Crippen molar-refractivity contribution in [2.45, 2.75) is 18.2 Å². The molecule has 0 bridgehead atoms. The van der Waals surface area contributed by atoms with Crippen molar-refractivity contribution in [2.75, 3.05) is 0 Å². The van der Waals surface area contributed by atoms with Crippen molar-refractivity contribution in [1.82, 2.24) is 10.2 Å². The summed E-state index contributed by atoms with van der Waals surface area (Å²) in [4.78, 5) is 0. The van der Waals surface area contributed by atoms with Gasteiger partial charge in [-0.2, -0.15) is 0 Å². The second kappa shape index (κ2) is 6.10. The van der Waals surface area contributed by atoms with E-state index >= 15 is 0 Å². The largest absolute Gasteiger partial charge is 0.423 e. The van der Waals surface area contributed by atoms with E-state index in [1.165, 1.54) is 0 Å². The highest BCUT2D eigenvalue weighted by Gasteiger charge is 2.21. The van der Waals surface area contributed by atoms with E-state index in [1.807, 2.05) is 67.6 Å². The van der Waals surface area contributed by atoms with E-state index in [1.54, 1.807) is 0 Å². The lowest BCUT2D eigenvalue weighted by molar-refractivity contribution is 0.443. The second-order valence-corrected chi connectivity index (χ2v) is 5.32. The first-order valence-corrected chi connectivity index (χ1v) is 7.26. The van der Waals surface area contributed by atoms with Gasteiger partial charge < -0.3 is 4.42 Å². The summed E-state index contributed by atoms with van der Waals surface area (Å²) in [7, 11) is 0. The summed E-state index contributed by atoms with van der Waals surface area (Å²) in [6.45, 7) is 2.04. The van der Waals surface area contributed by atoms with Crippen molar-refractivity contribution in [3.05, 3.63) is 83.6 Å². The molecule has 2 unspecified atom stereocenters. The van der Waals surface area contributed by atoms with Crippen LogP contribution in [0.5, 0.6) is 0 Å². The molecule has 106 valence electrons. The SMILES string of the molecule is CC(c1ccccc1)c1nnc(C(Cl)c2ccccc2)o1. The van der Waals surface area contributed by atoms with E-state index in [4.69, 9.17) is 16.0 Å². The maximum Gasteiger partial charge on any atom is 0.238 e. The summed E-state index contributed by atoms with van der Waals surface area (Å²) in [6, 6.07) is 19.8. The zero-order valence-electron chi connectivity index (χ0n) is 11.6. The topological polar surface area (TPSA) is 38.9 Å². The predicted octanol–water partition coefficient (Wildman–Crippen LogP) is 4.55. The van der Waals surface area contributed by atoms with E-state index in [-0.39, 0.29) is 5.92 Å². The molecular weight excluding hydrogens is 284 g/mol. The van der Waals surface area contributed by atoms with Crippen LogP contribution in [0, 0.1) is 0 Å². The van der Waals surface area contributed by atoms with Crippen LogP contribution in [0.25, 0.3) is 0 Å². The van der Waals surface area contributed by atoms with E-state index < -0.39 is 5.38 Å². The number of hydrogen-bond donors (Lipinski definition) is 0. The molecule has 1 aromatic heterocycles. The van der Waals surface area contributed by atoms with Gasteiger partial charge in [-0.1, -0.05) is 60.7 Å². The Morgan fingerprint density at radius 2 is 1.33 bits per heavy atom. The third kappa shape index (κ3) is 2.98. The average molecular weight is 299 g/mol. The molecule has 2 aromatic carbocycles. The molecule has 3 nitrogen and oxygen atoms in total. The fourth-order valence-electron chi connectivity index (χ4n) is 2.17. The molecule has 0 aliphatic carbocycles. The number of hydrogen-bond acceptors (Lipinski definition) is 3. The minimum atomic E-state index is -0.421. The van der Waals surface area contributed by atoms with Gasteiger partial charge in [-0.3, -0.25) is 0 Å². The number of alkyl halides is 1. The number of benzene rings is 2. The smallest absolute Gasteiger partial charge is 0.238 e. The molecule has 4 heteroatoms. The summed E-state index contributed by atoms with van der Waals surface area (Å²) in [5.74, 6) is 1.06. The maximum atomic E-state index is 6.40. The summed E-state index contributed by atoms with van der Waals surface area (Å²) in [5, 5.41) is 7.81. The number of nitrogens with zero attached hydrogens (tertiary/aromatic N) is 2. The van der Waals surface area contributed by atoms with Crippen LogP contribution in [0.4, 0.5) is 0 Å². The molecule has 0 aliphatic heterocycles. The molecule has 3 rings (SSSR count). The summed E-state index contributed by atoms with van der Waals surface area (Å²) < 4.78 is 5.76. The van der Waals surface area contributed by atoms with Crippen molar-refractivity contribution < 1.29 is 4.42 Å². The molecule has 1 heterocycles. The Labute approximate surface area is 128 Å². The highest BCUT2D eigenvalue weighted by Crippen LogP contribution is 2.30. The first-order valence-electron chi connectivity index (χ1n) is 6.83. The van der Waals surface area contributed by atoms with Crippen LogP contribution in [0.2, 0.25) is 0 Å². The van der Waals surface area contributed by atoms with Crippen LogP contribution in [0.15, 0.2) is 65.1 Å². The lowest BCUT2D eigenvalue weighted by Gasteiger charge is -2.07. The van der Waals surface area contributed by atoms with Gasteiger partial charge in [0.2, 0.25) is 11.8 Å². The highest BCUT2D eigenvalue weighted by atomic mass is 35.5. The van der Waals surface area contributed by atoms with E-state index in [9.17, 15) is 0 Å². The molecule has 3 aromatic rings. The molecule has 0 saturated heterocycles. The molecule has 2 atom stereocenters. The first-order chi connectivity index (χ1) is 10.3. The quantitative estimate of drug-likeness (QED) is 0.663. The minimum Gasteiger partial charge on any atom is -0.423 e. The molecule has 0 aliphatic rings. The highest BCUT2D eigenvalue weighted by molar-refractivity contribution is 6.22. The van der Waals surface area contributed by atoms with Gasteiger partial charge in [0.15, 0.2) is 0 Å². The van der Waals surface area contributed by atoms with E-state index in [2.05, 4.69) is 10.2 Å². The third-order valence-corrected chi connectivity index (χ3v) is 3.87. The Morgan fingerprint density at radius 1 is 0.810 bits per heavy atom. The number of halogens is 1. The minimum absolute atomic E-state index is 0.0482. The summed E-state index contributed by atoms with van der Waals surface area (Å²) >= 11 is 6.40. The van der Waals surface area contributed by atoms with Crippen LogP contribution in [-0.2, 0) is 0 Å². The van der Waals surface area contributed by atoms with Gasteiger partial charge in [0.25, 0.3) is 0 Å². The van der Waals surface area contributed by atoms with Crippen molar-refractivity contribution in [3.63, 3.8) is 0 Å². The molecule has 0 radical (unpaired) electrons. The van der Waals surface area contributed by atoms with Gasteiger partial charge in [0.1, 0.15) is 5.38 Å². The van der Waals surface area contributed by atoms with Crippen molar-refractivity contribution >= 4 is 11.6 Å². The van der Waals surface area contributed by atoms with Gasteiger partial charge in [0.05, 0.1) is 5.92 Å². The van der Waals surface area contributed by atoms with Crippen molar-refractivity contribution in [1.29, 1.82) is 0 Å². The Morgan fingerprint density at radius 3 is 1.95 bits per heavy atom. The van der Waals surface area contributed by atoms with Crippen LogP contribution >= 0.6 is 11.6 Å². The summed E-state index contributed by atoms with van der Waals surface area (Å²) in [6.07, 6.45) is 0. The molecular formula is C17H15ClN2O. The Balaban J connectivity index is 1.84. The van der Waals surface area contributed by atoms with Gasteiger partial charge >= 0.3 is 0 Å². The first kappa shape index (κ1) is 13.8. The van der Waals surface area contributed by atoms with Crippen LogP contribution in [0.3, 0.4) is 0 Å². The lowest BCUT2D eigenvalue weighted by atomic mass is 10.0. The maximum absolute atomic E-state index is 6.40. The Bertz CT molecular complexity index is 637. The monoisotopic (exact) mass is 298 g/mol. The standard InChI is InChI=1S/C17H15ClN2O/c1-12(13-8-4-2-5-9-13)16-19-20-17(21-16)15(18)14-10-6-3-7-11-14/h2-12,15H,1H3. The fraction of sp³-hybridized carbons (Fsp3) is 0.176. The van der Waals surface area contributed by atoms with Crippen LogP contribution in [-0.4, -0.2) is 10.2 Å². The van der Waals surface area contributed by atoms with Gasteiger partial charge in [-0.05, 0) is 18.1 Å². The van der Waals surface area contributed by atoms with Gasteiger partial charge in [0, 0.05) is 0 Å². The van der Waals surface area contributed by atoms with Crippen LogP contribution in [0.1, 0.15) is 41.1 Å². The average Bonchev–Trinajstić information content (AvgIpc) is 3.05. The van der Waals surface area contributed by atoms with E-state index in [0.717, 1.165) is 11.1 Å². The molecule has 21 heavy (non-hydrogen) atoms. The second-order valence-electron chi connectivity index (χ2n) is 4.88. The fourth-order valence-corrected chi connectivity index (χ4v) is 2.41. The van der Waals surface area contributed by atoms with Crippen molar-refractivity contribution in [3.8, 4) is 0 Å². The normalized spacial score (nSPS) is 13.8. The third-order valence-electron chi connectivity index (χ3n) is 3.44. The van der Waals surface area contributed by atoms with Gasteiger partial charge in [-0.25, -0.2) is 0 Å². The predicted molar refractivity (Wildman–Crippen MR) is 82.4 cm³/mol.